The predicted molar refractivity (Wildman–Crippen MR) is 91.5 cm³/mol. The summed E-state index contributed by atoms with van der Waals surface area (Å²) in [6, 6.07) is 6.96. The minimum absolute atomic E-state index is 0.425. The lowest BCUT2D eigenvalue weighted by Crippen LogP contribution is -2.09. The summed E-state index contributed by atoms with van der Waals surface area (Å²) in [6.07, 6.45) is 7.76. The molecule has 0 N–H and O–H groups in total. The zero-order valence-electron chi connectivity index (χ0n) is 14.6. The van der Waals surface area contributed by atoms with Crippen molar-refractivity contribution < 1.29 is 0 Å². The Morgan fingerprint density at radius 3 is 2.25 bits per heavy atom. The van der Waals surface area contributed by atoms with Crippen molar-refractivity contribution in [2.45, 2.75) is 86.0 Å². The van der Waals surface area contributed by atoms with Crippen LogP contribution in [0.4, 0.5) is 0 Å². The van der Waals surface area contributed by atoms with Crippen LogP contribution in [0.15, 0.2) is 18.2 Å². The van der Waals surface area contributed by atoms with Crippen molar-refractivity contribution in [1.82, 2.24) is 0 Å². The average molecular weight is 274 g/mol. The third-order valence-corrected chi connectivity index (χ3v) is 4.11. The molecule has 0 aliphatic rings. The summed E-state index contributed by atoms with van der Waals surface area (Å²) in [4.78, 5) is 0. The van der Waals surface area contributed by atoms with Crippen molar-refractivity contribution in [1.29, 1.82) is 0 Å². The Morgan fingerprint density at radius 1 is 1.00 bits per heavy atom. The van der Waals surface area contributed by atoms with E-state index in [9.17, 15) is 0 Å². The van der Waals surface area contributed by atoms with Crippen molar-refractivity contribution in [2.75, 3.05) is 0 Å². The molecular weight excluding hydrogens is 240 g/mol. The van der Waals surface area contributed by atoms with Crippen molar-refractivity contribution in [2.24, 2.45) is 5.41 Å². The Bertz CT molecular complexity index is 393. The summed E-state index contributed by atoms with van der Waals surface area (Å²) in [5, 5.41) is 0. The summed E-state index contributed by atoms with van der Waals surface area (Å²) >= 11 is 0. The summed E-state index contributed by atoms with van der Waals surface area (Å²) < 4.78 is 0. The molecule has 0 heteroatoms. The number of aryl methyl sites for hydroxylation is 1. The molecule has 0 nitrogen and oxygen atoms in total. The molecule has 0 radical (unpaired) electrons. The second kappa shape index (κ2) is 7.86. The van der Waals surface area contributed by atoms with Crippen molar-refractivity contribution in [3.63, 3.8) is 0 Å². The van der Waals surface area contributed by atoms with Gasteiger partial charge in [0.05, 0.1) is 0 Å². The van der Waals surface area contributed by atoms with E-state index in [0.29, 0.717) is 11.3 Å². The van der Waals surface area contributed by atoms with Crippen LogP contribution in [-0.4, -0.2) is 0 Å². The maximum absolute atomic E-state index is 2.36. The summed E-state index contributed by atoms with van der Waals surface area (Å²) in [5.41, 5.74) is 5.25. The van der Waals surface area contributed by atoms with E-state index in [4.69, 9.17) is 0 Å². The predicted octanol–water partition coefficient (Wildman–Crippen LogP) is 6.52. The molecule has 1 aromatic rings. The lowest BCUT2D eigenvalue weighted by atomic mass is 9.84. The number of hydrogen-bond donors (Lipinski definition) is 0. The van der Waals surface area contributed by atoms with E-state index in [1.54, 1.807) is 16.7 Å². The Kier molecular flexibility index (Phi) is 6.79. The normalized spacial score (nSPS) is 12.2. The number of rotatable bonds is 7. The fourth-order valence-corrected chi connectivity index (χ4v) is 2.80. The average Bonchev–Trinajstić information content (AvgIpc) is 2.36. The third kappa shape index (κ3) is 5.69. The van der Waals surface area contributed by atoms with Crippen molar-refractivity contribution in [3.8, 4) is 0 Å². The molecular formula is C20H34. The highest BCUT2D eigenvalue weighted by Crippen LogP contribution is 2.28. The van der Waals surface area contributed by atoms with Crippen molar-refractivity contribution >= 4 is 0 Å². The van der Waals surface area contributed by atoms with Gasteiger partial charge in [-0.25, -0.2) is 0 Å². The lowest BCUT2D eigenvalue weighted by molar-refractivity contribution is 0.377. The molecule has 1 aromatic carbocycles. The molecule has 0 bridgehead atoms. The first-order valence-corrected chi connectivity index (χ1v) is 8.46. The van der Waals surface area contributed by atoms with Crippen LogP contribution in [0, 0.1) is 5.41 Å². The number of benzene rings is 1. The monoisotopic (exact) mass is 274 g/mol. The highest BCUT2D eigenvalue weighted by atomic mass is 14.2. The molecule has 0 saturated heterocycles. The summed E-state index contributed by atoms with van der Waals surface area (Å²) in [6.45, 7) is 14.0. The summed E-state index contributed by atoms with van der Waals surface area (Å²) in [5.74, 6) is 0.640. The topological polar surface area (TPSA) is 0 Å². The van der Waals surface area contributed by atoms with Gasteiger partial charge in [0, 0.05) is 0 Å². The Morgan fingerprint density at radius 2 is 1.70 bits per heavy atom. The zero-order valence-corrected chi connectivity index (χ0v) is 14.6. The van der Waals surface area contributed by atoms with Gasteiger partial charge in [-0.15, -0.1) is 0 Å². The van der Waals surface area contributed by atoms with Gasteiger partial charge in [-0.2, -0.15) is 0 Å². The standard InChI is InChI=1S/C20H34/c1-7-8-9-12-19-17(14-15-20(4,5)6)11-10-13-18(19)16(2)3/h10-11,13,16H,7-9,12,14-15H2,1-6H3. The summed E-state index contributed by atoms with van der Waals surface area (Å²) in [7, 11) is 0. The SMILES string of the molecule is CCCCCc1c(CCC(C)(C)C)cccc1C(C)C. The van der Waals surface area contributed by atoms with E-state index in [1.165, 1.54) is 38.5 Å². The molecule has 0 saturated carbocycles. The highest BCUT2D eigenvalue weighted by Gasteiger charge is 2.14. The molecule has 0 unspecified atom stereocenters. The van der Waals surface area contributed by atoms with Gasteiger partial charge in [-0.3, -0.25) is 0 Å². The van der Waals surface area contributed by atoms with Gasteiger partial charge < -0.3 is 0 Å². The first-order valence-electron chi connectivity index (χ1n) is 8.46. The van der Waals surface area contributed by atoms with Gasteiger partial charge in [0.15, 0.2) is 0 Å². The van der Waals surface area contributed by atoms with Crippen LogP contribution in [0.25, 0.3) is 0 Å². The Balaban J connectivity index is 2.93. The second-order valence-electron chi connectivity index (χ2n) is 7.66. The molecule has 0 amide bonds. The van der Waals surface area contributed by atoms with E-state index < -0.39 is 0 Å². The zero-order chi connectivity index (χ0) is 15.2. The fraction of sp³-hybridized carbons (Fsp3) is 0.700. The van der Waals surface area contributed by atoms with Crippen LogP contribution in [0.1, 0.15) is 89.8 Å². The first-order chi connectivity index (χ1) is 9.35. The van der Waals surface area contributed by atoms with E-state index in [1.807, 2.05) is 0 Å². The van der Waals surface area contributed by atoms with Gasteiger partial charge in [0.25, 0.3) is 0 Å². The van der Waals surface area contributed by atoms with Crippen LogP contribution in [0.5, 0.6) is 0 Å². The highest BCUT2D eigenvalue weighted by molar-refractivity contribution is 5.37. The van der Waals surface area contributed by atoms with Gasteiger partial charge in [-0.05, 0) is 53.7 Å². The largest absolute Gasteiger partial charge is 0.0654 e. The van der Waals surface area contributed by atoms with Gasteiger partial charge in [0.2, 0.25) is 0 Å². The van der Waals surface area contributed by atoms with Gasteiger partial charge in [-0.1, -0.05) is 72.6 Å². The molecule has 1 rings (SSSR count). The maximum atomic E-state index is 2.36. The molecule has 0 aliphatic carbocycles. The van der Waals surface area contributed by atoms with E-state index in [2.05, 4.69) is 59.7 Å². The smallest absolute Gasteiger partial charge is 0.0216 e. The molecule has 0 aromatic heterocycles. The molecule has 114 valence electrons. The minimum atomic E-state index is 0.425. The lowest BCUT2D eigenvalue weighted by Gasteiger charge is -2.21. The Labute approximate surface area is 127 Å². The molecule has 20 heavy (non-hydrogen) atoms. The fourth-order valence-electron chi connectivity index (χ4n) is 2.80. The second-order valence-corrected chi connectivity index (χ2v) is 7.66. The van der Waals surface area contributed by atoms with Crippen LogP contribution in [0.2, 0.25) is 0 Å². The van der Waals surface area contributed by atoms with Gasteiger partial charge in [0.1, 0.15) is 0 Å². The number of unbranched alkanes of at least 4 members (excludes halogenated alkanes) is 2. The first kappa shape index (κ1) is 17.3. The van der Waals surface area contributed by atoms with Gasteiger partial charge >= 0.3 is 0 Å². The molecule has 0 fully saturated rings. The van der Waals surface area contributed by atoms with Crippen LogP contribution in [0.3, 0.4) is 0 Å². The van der Waals surface area contributed by atoms with Crippen LogP contribution in [-0.2, 0) is 12.8 Å². The molecule has 0 heterocycles. The van der Waals surface area contributed by atoms with Crippen LogP contribution >= 0.6 is 0 Å². The molecule has 0 atom stereocenters. The molecule has 0 aliphatic heterocycles. The van der Waals surface area contributed by atoms with E-state index in [-0.39, 0.29) is 0 Å². The van der Waals surface area contributed by atoms with Crippen molar-refractivity contribution in [3.05, 3.63) is 34.9 Å². The van der Waals surface area contributed by atoms with E-state index in [0.717, 1.165) is 0 Å². The van der Waals surface area contributed by atoms with E-state index >= 15 is 0 Å². The minimum Gasteiger partial charge on any atom is -0.0654 e. The number of hydrogen-bond acceptors (Lipinski definition) is 0. The third-order valence-electron chi connectivity index (χ3n) is 4.11. The Hall–Kier alpha value is -0.780. The molecule has 0 spiro atoms. The maximum Gasteiger partial charge on any atom is -0.0216 e. The quantitative estimate of drug-likeness (QED) is 0.496. The van der Waals surface area contributed by atoms with Crippen LogP contribution < -0.4 is 0 Å².